The highest BCUT2D eigenvalue weighted by Crippen LogP contribution is 2.30. The van der Waals surface area contributed by atoms with Gasteiger partial charge in [0, 0.05) is 12.5 Å². The summed E-state index contributed by atoms with van der Waals surface area (Å²) in [5, 5.41) is 0. The maximum absolute atomic E-state index is 12.5. The zero-order valence-electron chi connectivity index (χ0n) is 14.6. The molecule has 1 amide bonds. The number of hydrogen-bond donors (Lipinski definition) is 0. The van der Waals surface area contributed by atoms with Crippen LogP contribution in [0.3, 0.4) is 0 Å². The topological polar surface area (TPSA) is 65.1 Å². The zero-order chi connectivity index (χ0) is 17.6. The molecule has 3 atom stereocenters. The van der Waals surface area contributed by atoms with Gasteiger partial charge >= 0.3 is 12.1 Å². The van der Waals surface area contributed by atoms with Crippen molar-refractivity contribution in [3.8, 4) is 0 Å². The average Bonchev–Trinajstić information content (AvgIpc) is 2.81. The monoisotopic (exact) mass is 325 g/mol. The number of likely N-dealkylation sites (tertiary alicyclic amines) is 1. The first-order chi connectivity index (χ1) is 10.7. The second-order valence-corrected chi connectivity index (χ2v) is 6.38. The number of carbonyl (C=O) groups excluding carboxylic acids is 2. The Morgan fingerprint density at radius 2 is 2.00 bits per heavy atom. The molecule has 1 heterocycles. The summed E-state index contributed by atoms with van der Waals surface area (Å²) >= 11 is 0. The van der Waals surface area contributed by atoms with Crippen molar-refractivity contribution in [3.63, 3.8) is 0 Å². The summed E-state index contributed by atoms with van der Waals surface area (Å²) in [4.78, 5) is 26.1. The number of rotatable bonds is 5. The maximum Gasteiger partial charge on any atom is 0.411 e. The van der Waals surface area contributed by atoms with Crippen LogP contribution < -0.4 is 0 Å². The van der Waals surface area contributed by atoms with Gasteiger partial charge in [0.05, 0.1) is 19.8 Å². The molecule has 0 aromatic rings. The number of hydrogen-bond acceptors (Lipinski definition) is 5. The second-order valence-electron chi connectivity index (χ2n) is 6.38. The van der Waals surface area contributed by atoms with Crippen molar-refractivity contribution >= 4 is 12.1 Å². The number of methoxy groups -OCH3 is 1. The van der Waals surface area contributed by atoms with E-state index in [0.717, 1.165) is 0 Å². The van der Waals surface area contributed by atoms with E-state index in [0.29, 0.717) is 6.54 Å². The predicted octanol–water partition coefficient (Wildman–Crippen LogP) is 2.54. The van der Waals surface area contributed by atoms with E-state index < -0.39 is 29.8 Å². The number of allylic oxidation sites excluding steroid dienone is 1. The van der Waals surface area contributed by atoms with Crippen LogP contribution in [0.1, 0.15) is 27.7 Å². The van der Waals surface area contributed by atoms with Crippen LogP contribution in [0, 0.1) is 5.92 Å². The number of carbonyl (C=O) groups is 2. The molecule has 1 saturated heterocycles. The van der Waals surface area contributed by atoms with Gasteiger partial charge in [0.1, 0.15) is 5.60 Å². The second kappa shape index (κ2) is 8.15. The van der Waals surface area contributed by atoms with Gasteiger partial charge in [-0.2, -0.15) is 0 Å². The molecule has 130 valence electrons. The van der Waals surface area contributed by atoms with Crippen LogP contribution in [0.15, 0.2) is 24.8 Å². The van der Waals surface area contributed by atoms with E-state index in [1.54, 1.807) is 26.8 Å². The summed E-state index contributed by atoms with van der Waals surface area (Å²) in [6.45, 7) is 11.5. The van der Waals surface area contributed by atoms with Crippen LogP contribution in [0.2, 0.25) is 0 Å². The zero-order valence-corrected chi connectivity index (χ0v) is 14.6. The molecule has 0 aliphatic carbocycles. The molecule has 0 saturated carbocycles. The van der Waals surface area contributed by atoms with Crippen molar-refractivity contribution in [1.82, 2.24) is 4.90 Å². The number of esters is 1. The van der Waals surface area contributed by atoms with E-state index >= 15 is 0 Å². The SMILES string of the molecule is C=CCO[C@@H]1C(/C=C/C)CN(C(=O)OC(C)(C)C)C1C(=O)OC. The predicted molar refractivity (Wildman–Crippen MR) is 87.0 cm³/mol. The minimum atomic E-state index is -0.837. The Balaban J connectivity index is 3.09. The van der Waals surface area contributed by atoms with Gasteiger partial charge in [0.15, 0.2) is 6.04 Å². The minimum Gasteiger partial charge on any atom is -0.467 e. The lowest BCUT2D eigenvalue weighted by molar-refractivity contribution is -0.149. The van der Waals surface area contributed by atoms with Crippen LogP contribution >= 0.6 is 0 Å². The fourth-order valence-electron chi connectivity index (χ4n) is 2.56. The Labute approximate surface area is 138 Å². The molecule has 1 fully saturated rings. The standard InChI is InChI=1S/C17H27NO5/c1-7-9-12-11-18(16(20)23-17(3,4)5)13(15(19)21-6)14(12)22-10-8-2/h7-9,12-14H,2,10-11H2,1,3-6H3/b9-7+/t12?,13?,14-/m1/s1. The molecule has 6 heteroatoms. The Hall–Kier alpha value is -1.82. The van der Waals surface area contributed by atoms with Crippen molar-refractivity contribution < 1.29 is 23.8 Å². The van der Waals surface area contributed by atoms with E-state index in [2.05, 4.69) is 6.58 Å². The minimum absolute atomic E-state index is 0.114. The van der Waals surface area contributed by atoms with Crippen LogP contribution in [0.25, 0.3) is 0 Å². The van der Waals surface area contributed by atoms with Crippen LogP contribution in [0.4, 0.5) is 4.79 Å². The first kappa shape index (κ1) is 19.2. The summed E-state index contributed by atoms with van der Waals surface area (Å²) < 4.78 is 16.0. The molecule has 23 heavy (non-hydrogen) atoms. The van der Waals surface area contributed by atoms with Crippen molar-refractivity contribution in [1.29, 1.82) is 0 Å². The molecular formula is C17H27NO5. The largest absolute Gasteiger partial charge is 0.467 e. The third-order valence-corrected chi connectivity index (χ3v) is 3.39. The lowest BCUT2D eigenvalue weighted by atomic mass is 10.0. The van der Waals surface area contributed by atoms with Gasteiger partial charge in [-0.3, -0.25) is 4.90 Å². The van der Waals surface area contributed by atoms with Crippen LogP contribution in [-0.2, 0) is 19.0 Å². The molecule has 1 rings (SSSR count). The van der Waals surface area contributed by atoms with Gasteiger partial charge in [0.25, 0.3) is 0 Å². The highest BCUT2D eigenvalue weighted by Gasteiger charge is 2.49. The molecule has 0 N–H and O–H groups in total. The maximum atomic E-state index is 12.5. The van der Waals surface area contributed by atoms with E-state index in [1.807, 2.05) is 19.1 Å². The highest BCUT2D eigenvalue weighted by atomic mass is 16.6. The Kier molecular flexibility index (Phi) is 6.81. The molecule has 2 unspecified atom stereocenters. The van der Waals surface area contributed by atoms with Crippen molar-refractivity contribution in [2.24, 2.45) is 5.92 Å². The summed E-state index contributed by atoms with van der Waals surface area (Å²) in [6.07, 6.45) is 4.36. The molecule has 0 bridgehead atoms. The third kappa shape index (κ3) is 5.10. The van der Waals surface area contributed by atoms with Gasteiger partial charge in [-0.25, -0.2) is 9.59 Å². The van der Waals surface area contributed by atoms with E-state index in [9.17, 15) is 9.59 Å². The van der Waals surface area contributed by atoms with Gasteiger partial charge in [-0.1, -0.05) is 18.2 Å². The quantitative estimate of drug-likeness (QED) is 0.574. The molecule has 0 spiro atoms. The van der Waals surface area contributed by atoms with Gasteiger partial charge in [-0.05, 0) is 27.7 Å². The summed E-state index contributed by atoms with van der Waals surface area (Å²) in [5.74, 6) is -0.631. The summed E-state index contributed by atoms with van der Waals surface area (Å²) in [6, 6.07) is -0.837. The first-order valence-electron chi connectivity index (χ1n) is 7.68. The van der Waals surface area contributed by atoms with Crippen molar-refractivity contribution in [2.75, 3.05) is 20.3 Å². The van der Waals surface area contributed by atoms with E-state index in [1.165, 1.54) is 12.0 Å². The van der Waals surface area contributed by atoms with Crippen LogP contribution in [-0.4, -0.2) is 55.0 Å². The molecule has 0 aromatic carbocycles. The number of nitrogens with zero attached hydrogens (tertiary/aromatic N) is 1. The molecule has 0 radical (unpaired) electrons. The Morgan fingerprint density at radius 1 is 1.35 bits per heavy atom. The van der Waals surface area contributed by atoms with Crippen LogP contribution in [0.5, 0.6) is 0 Å². The fourth-order valence-corrected chi connectivity index (χ4v) is 2.56. The average molecular weight is 325 g/mol. The molecular weight excluding hydrogens is 298 g/mol. The van der Waals surface area contributed by atoms with Crippen molar-refractivity contribution in [3.05, 3.63) is 24.8 Å². The van der Waals surface area contributed by atoms with Gasteiger partial charge in [-0.15, -0.1) is 6.58 Å². The molecule has 1 aliphatic rings. The first-order valence-corrected chi connectivity index (χ1v) is 7.68. The van der Waals surface area contributed by atoms with Crippen molar-refractivity contribution in [2.45, 2.75) is 45.4 Å². The van der Waals surface area contributed by atoms with Gasteiger partial charge in [0.2, 0.25) is 0 Å². The molecule has 1 aliphatic heterocycles. The smallest absolute Gasteiger partial charge is 0.411 e. The molecule has 0 aromatic heterocycles. The lowest BCUT2D eigenvalue weighted by Crippen LogP contribution is -2.48. The number of ether oxygens (including phenoxy) is 3. The van der Waals surface area contributed by atoms with E-state index in [4.69, 9.17) is 14.2 Å². The highest BCUT2D eigenvalue weighted by molar-refractivity contribution is 5.83. The summed E-state index contributed by atoms with van der Waals surface area (Å²) in [7, 11) is 1.29. The van der Waals surface area contributed by atoms with E-state index in [-0.39, 0.29) is 12.5 Å². The Morgan fingerprint density at radius 3 is 2.48 bits per heavy atom. The lowest BCUT2D eigenvalue weighted by Gasteiger charge is -2.28. The number of amides is 1. The normalized spacial score (nSPS) is 24.7. The third-order valence-electron chi connectivity index (χ3n) is 3.39. The Bertz CT molecular complexity index is 466. The summed E-state index contributed by atoms with van der Waals surface area (Å²) in [5.41, 5.74) is -0.645. The van der Waals surface area contributed by atoms with Gasteiger partial charge < -0.3 is 14.2 Å². The molecule has 6 nitrogen and oxygen atoms in total. The fraction of sp³-hybridized carbons (Fsp3) is 0.647.